The molecule has 2 aromatic rings. The Morgan fingerprint density at radius 1 is 1.29 bits per heavy atom. The SMILES string of the molecule is Cc1cc(C)n(CC(=O)Nc2cccc(CSCCC(=O)O)c2)n1. The second-order valence-corrected chi connectivity index (χ2v) is 6.63. The fourth-order valence-electron chi connectivity index (χ4n) is 2.26. The molecule has 0 atom stereocenters. The minimum absolute atomic E-state index is 0.128. The standard InChI is InChI=1S/C17H21N3O3S/c1-12-8-13(2)20(19-12)10-16(21)18-15-5-3-4-14(9-15)11-24-7-6-17(22)23/h3-5,8-9H,6-7,10-11H2,1-2H3,(H,18,21)(H,22,23). The predicted octanol–water partition coefficient (Wildman–Crippen LogP) is 2.85. The maximum Gasteiger partial charge on any atom is 0.304 e. The number of aliphatic carboxylic acids is 1. The van der Waals surface area contributed by atoms with Crippen LogP contribution in [0.4, 0.5) is 5.69 Å². The van der Waals surface area contributed by atoms with Gasteiger partial charge in [0.2, 0.25) is 5.91 Å². The molecule has 7 heteroatoms. The monoisotopic (exact) mass is 347 g/mol. The summed E-state index contributed by atoms with van der Waals surface area (Å²) in [5.74, 6) is 0.378. The Balaban J connectivity index is 1.87. The second kappa shape index (κ2) is 8.54. The molecule has 0 aliphatic carbocycles. The number of carbonyl (C=O) groups excluding carboxylic acids is 1. The molecule has 6 nitrogen and oxygen atoms in total. The van der Waals surface area contributed by atoms with Gasteiger partial charge in [0.05, 0.1) is 12.1 Å². The molecule has 0 aliphatic heterocycles. The maximum absolute atomic E-state index is 12.1. The van der Waals surface area contributed by atoms with Gasteiger partial charge in [-0.05, 0) is 37.6 Å². The fraction of sp³-hybridized carbons (Fsp3) is 0.353. The van der Waals surface area contributed by atoms with E-state index in [2.05, 4.69) is 10.4 Å². The molecule has 0 unspecified atom stereocenters. The Hall–Kier alpha value is -2.28. The van der Waals surface area contributed by atoms with E-state index >= 15 is 0 Å². The van der Waals surface area contributed by atoms with Crippen molar-refractivity contribution in [3.63, 3.8) is 0 Å². The van der Waals surface area contributed by atoms with E-state index in [1.165, 1.54) is 0 Å². The zero-order valence-electron chi connectivity index (χ0n) is 13.8. The zero-order chi connectivity index (χ0) is 17.5. The number of anilines is 1. The Bertz CT molecular complexity index is 728. The maximum atomic E-state index is 12.1. The summed E-state index contributed by atoms with van der Waals surface area (Å²) in [5.41, 5.74) is 3.62. The highest BCUT2D eigenvalue weighted by molar-refractivity contribution is 7.98. The molecule has 1 aromatic heterocycles. The molecule has 1 amide bonds. The molecule has 0 bridgehead atoms. The quantitative estimate of drug-likeness (QED) is 0.717. The van der Waals surface area contributed by atoms with Gasteiger partial charge in [0.25, 0.3) is 0 Å². The Labute approximate surface area is 145 Å². The number of amides is 1. The van der Waals surface area contributed by atoms with Crippen LogP contribution in [-0.4, -0.2) is 32.5 Å². The summed E-state index contributed by atoms with van der Waals surface area (Å²) < 4.78 is 1.68. The smallest absolute Gasteiger partial charge is 0.304 e. The van der Waals surface area contributed by atoms with Crippen molar-refractivity contribution >= 4 is 29.3 Å². The summed E-state index contributed by atoms with van der Waals surface area (Å²) in [4.78, 5) is 22.6. The van der Waals surface area contributed by atoms with Crippen LogP contribution in [0.5, 0.6) is 0 Å². The van der Waals surface area contributed by atoms with Crippen LogP contribution in [0.2, 0.25) is 0 Å². The van der Waals surface area contributed by atoms with Crippen molar-refractivity contribution in [3.8, 4) is 0 Å². The van der Waals surface area contributed by atoms with Gasteiger partial charge in [0.15, 0.2) is 0 Å². The minimum atomic E-state index is -0.785. The van der Waals surface area contributed by atoms with Gasteiger partial charge in [-0.25, -0.2) is 0 Å². The number of hydrogen-bond donors (Lipinski definition) is 2. The number of hydrogen-bond acceptors (Lipinski definition) is 4. The molecular formula is C17H21N3O3S. The molecule has 0 spiro atoms. The lowest BCUT2D eigenvalue weighted by atomic mass is 10.2. The summed E-state index contributed by atoms with van der Waals surface area (Å²) in [6.07, 6.45) is 0.156. The molecule has 128 valence electrons. The molecule has 2 rings (SSSR count). The highest BCUT2D eigenvalue weighted by Gasteiger charge is 2.08. The number of carboxylic acid groups (broad SMARTS) is 1. The topological polar surface area (TPSA) is 84.2 Å². The van der Waals surface area contributed by atoms with Crippen molar-refractivity contribution in [3.05, 3.63) is 47.3 Å². The zero-order valence-corrected chi connectivity index (χ0v) is 14.6. The predicted molar refractivity (Wildman–Crippen MR) is 95.2 cm³/mol. The van der Waals surface area contributed by atoms with E-state index in [-0.39, 0.29) is 18.9 Å². The molecule has 0 fully saturated rings. The van der Waals surface area contributed by atoms with Gasteiger partial charge >= 0.3 is 5.97 Å². The van der Waals surface area contributed by atoms with Crippen LogP contribution in [0, 0.1) is 13.8 Å². The lowest BCUT2D eigenvalue weighted by Gasteiger charge is -2.08. The van der Waals surface area contributed by atoms with Crippen LogP contribution in [0.1, 0.15) is 23.4 Å². The third-order valence-corrected chi connectivity index (χ3v) is 4.37. The van der Waals surface area contributed by atoms with Crippen molar-refractivity contribution < 1.29 is 14.7 Å². The second-order valence-electron chi connectivity index (χ2n) is 5.53. The number of aromatic nitrogens is 2. The summed E-state index contributed by atoms with van der Waals surface area (Å²) >= 11 is 1.56. The third kappa shape index (κ3) is 5.73. The first-order valence-corrected chi connectivity index (χ1v) is 8.79. The number of thioether (sulfide) groups is 1. The van der Waals surface area contributed by atoms with Gasteiger partial charge in [0.1, 0.15) is 6.54 Å². The van der Waals surface area contributed by atoms with Gasteiger partial charge in [-0.15, -0.1) is 0 Å². The Morgan fingerprint density at radius 3 is 2.75 bits per heavy atom. The fourth-order valence-corrected chi connectivity index (χ4v) is 3.14. The van der Waals surface area contributed by atoms with Gasteiger partial charge in [-0.2, -0.15) is 16.9 Å². The number of nitrogens with zero attached hydrogens (tertiary/aromatic N) is 2. The first kappa shape index (κ1) is 18.1. The van der Waals surface area contributed by atoms with Crippen LogP contribution in [0.25, 0.3) is 0 Å². The Kier molecular flexibility index (Phi) is 6.43. The first-order valence-electron chi connectivity index (χ1n) is 7.63. The molecule has 2 N–H and O–H groups in total. The highest BCUT2D eigenvalue weighted by Crippen LogP contribution is 2.17. The van der Waals surface area contributed by atoms with E-state index in [4.69, 9.17) is 5.11 Å². The van der Waals surface area contributed by atoms with Crippen LogP contribution >= 0.6 is 11.8 Å². The van der Waals surface area contributed by atoms with Crippen LogP contribution < -0.4 is 5.32 Å². The number of rotatable bonds is 8. The van der Waals surface area contributed by atoms with Gasteiger partial charge in [0, 0.05) is 22.9 Å². The number of carbonyl (C=O) groups is 2. The average molecular weight is 347 g/mol. The van der Waals surface area contributed by atoms with Crippen LogP contribution in [0.15, 0.2) is 30.3 Å². The van der Waals surface area contributed by atoms with Crippen LogP contribution in [-0.2, 0) is 21.9 Å². The summed E-state index contributed by atoms with van der Waals surface area (Å²) in [7, 11) is 0. The van der Waals surface area contributed by atoms with Crippen LogP contribution in [0.3, 0.4) is 0 Å². The summed E-state index contributed by atoms with van der Waals surface area (Å²) in [6.45, 7) is 3.99. The lowest BCUT2D eigenvalue weighted by Crippen LogP contribution is -2.20. The van der Waals surface area contributed by atoms with Gasteiger partial charge in [-0.1, -0.05) is 12.1 Å². The number of benzene rings is 1. The number of aryl methyl sites for hydroxylation is 2. The normalized spacial score (nSPS) is 10.6. The van der Waals surface area contributed by atoms with E-state index in [1.54, 1.807) is 16.4 Å². The molecule has 0 aliphatic rings. The van der Waals surface area contributed by atoms with Crippen molar-refractivity contribution in [2.75, 3.05) is 11.1 Å². The molecule has 0 saturated carbocycles. The third-order valence-electron chi connectivity index (χ3n) is 3.34. The molecule has 1 heterocycles. The number of carboxylic acids is 1. The van der Waals surface area contributed by atoms with Crippen molar-refractivity contribution in [1.29, 1.82) is 0 Å². The molecule has 0 radical (unpaired) electrons. The van der Waals surface area contributed by atoms with Gasteiger partial charge < -0.3 is 10.4 Å². The lowest BCUT2D eigenvalue weighted by molar-refractivity contribution is -0.136. The molecule has 0 saturated heterocycles. The van der Waals surface area contributed by atoms with Crippen molar-refractivity contribution in [2.24, 2.45) is 0 Å². The molecule has 24 heavy (non-hydrogen) atoms. The highest BCUT2D eigenvalue weighted by atomic mass is 32.2. The first-order chi connectivity index (χ1) is 11.4. The van der Waals surface area contributed by atoms with E-state index in [0.717, 1.165) is 22.6 Å². The Morgan fingerprint density at radius 2 is 2.08 bits per heavy atom. The largest absolute Gasteiger partial charge is 0.481 e. The van der Waals surface area contributed by atoms with E-state index in [1.807, 2.05) is 44.2 Å². The van der Waals surface area contributed by atoms with Crippen molar-refractivity contribution in [2.45, 2.75) is 32.6 Å². The van der Waals surface area contributed by atoms with Gasteiger partial charge in [-0.3, -0.25) is 14.3 Å². The minimum Gasteiger partial charge on any atom is -0.481 e. The summed E-state index contributed by atoms with van der Waals surface area (Å²) in [6, 6.07) is 9.52. The molecular weight excluding hydrogens is 326 g/mol. The van der Waals surface area contributed by atoms with E-state index in [9.17, 15) is 9.59 Å². The number of nitrogens with one attached hydrogen (secondary N) is 1. The van der Waals surface area contributed by atoms with E-state index < -0.39 is 5.97 Å². The van der Waals surface area contributed by atoms with Crippen molar-refractivity contribution in [1.82, 2.24) is 9.78 Å². The average Bonchev–Trinajstić information content (AvgIpc) is 2.81. The molecule has 1 aromatic carbocycles. The van der Waals surface area contributed by atoms with E-state index in [0.29, 0.717) is 11.5 Å². The summed E-state index contributed by atoms with van der Waals surface area (Å²) in [5, 5.41) is 15.8.